The highest BCUT2D eigenvalue weighted by molar-refractivity contribution is 5.95. The normalized spacial score (nSPS) is 9.80. The Balaban J connectivity index is 2.09. The number of rotatable bonds is 3. The van der Waals surface area contributed by atoms with Gasteiger partial charge in [0, 0.05) is 11.9 Å². The molecule has 0 aliphatic carbocycles. The predicted octanol–water partition coefficient (Wildman–Crippen LogP) is 2.20. The smallest absolute Gasteiger partial charge is 0.340 e. The summed E-state index contributed by atoms with van der Waals surface area (Å²) in [4.78, 5) is 15.8. The number of aryl methyl sites for hydroxylation is 1. The van der Waals surface area contributed by atoms with E-state index in [1.165, 1.54) is 6.20 Å². The number of esters is 1. The maximum Gasteiger partial charge on any atom is 0.340 e. The Bertz CT molecular complexity index is 690. The van der Waals surface area contributed by atoms with Crippen molar-refractivity contribution < 1.29 is 9.53 Å². The number of nitriles is 1. The SMILES string of the molecule is Cc1ccc(N)c(C(=O)OCc2ccnc(C#N)c2)c1. The van der Waals surface area contributed by atoms with Gasteiger partial charge in [-0.3, -0.25) is 0 Å². The number of hydrogen-bond acceptors (Lipinski definition) is 5. The first kappa shape index (κ1) is 13.6. The molecule has 0 amide bonds. The summed E-state index contributed by atoms with van der Waals surface area (Å²) in [5, 5.41) is 8.75. The second kappa shape index (κ2) is 5.85. The van der Waals surface area contributed by atoms with E-state index in [0.29, 0.717) is 16.8 Å². The van der Waals surface area contributed by atoms with Crippen LogP contribution in [0.4, 0.5) is 5.69 Å². The molecular formula is C15H13N3O2. The van der Waals surface area contributed by atoms with Crippen LogP contribution in [0.5, 0.6) is 0 Å². The van der Waals surface area contributed by atoms with Gasteiger partial charge in [0.25, 0.3) is 0 Å². The van der Waals surface area contributed by atoms with Gasteiger partial charge in [-0.05, 0) is 36.8 Å². The molecule has 100 valence electrons. The largest absolute Gasteiger partial charge is 0.457 e. The number of hydrogen-bond donors (Lipinski definition) is 1. The molecule has 5 heteroatoms. The number of anilines is 1. The van der Waals surface area contributed by atoms with Crippen molar-refractivity contribution in [3.8, 4) is 6.07 Å². The van der Waals surface area contributed by atoms with Gasteiger partial charge < -0.3 is 10.5 Å². The third kappa shape index (κ3) is 3.12. The summed E-state index contributed by atoms with van der Waals surface area (Å²) in [7, 11) is 0. The molecule has 0 bridgehead atoms. The van der Waals surface area contributed by atoms with E-state index in [1.807, 2.05) is 19.1 Å². The van der Waals surface area contributed by atoms with E-state index in [2.05, 4.69) is 4.98 Å². The lowest BCUT2D eigenvalue weighted by atomic mass is 10.1. The second-order valence-electron chi connectivity index (χ2n) is 4.33. The first-order valence-corrected chi connectivity index (χ1v) is 5.98. The van der Waals surface area contributed by atoms with E-state index in [-0.39, 0.29) is 12.3 Å². The van der Waals surface area contributed by atoms with Gasteiger partial charge in [-0.25, -0.2) is 9.78 Å². The maximum atomic E-state index is 12.0. The first-order valence-electron chi connectivity index (χ1n) is 5.98. The molecule has 0 aliphatic rings. The predicted molar refractivity (Wildman–Crippen MR) is 73.7 cm³/mol. The van der Waals surface area contributed by atoms with Gasteiger partial charge in [-0.1, -0.05) is 11.6 Å². The van der Waals surface area contributed by atoms with E-state index in [9.17, 15) is 4.79 Å². The maximum absolute atomic E-state index is 12.0. The summed E-state index contributed by atoms with van der Waals surface area (Å²) >= 11 is 0. The average molecular weight is 267 g/mol. The number of carbonyl (C=O) groups is 1. The number of nitrogen functional groups attached to an aromatic ring is 1. The fraction of sp³-hybridized carbons (Fsp3) is 0.133. The van der Waals surface area contributed by atoms with Gasteiger partial charge in [0.15, 0.2) is 0 Å². The minimum absolute atomic E-state index is 0.0728. The summed E-state index contributed by atoms with van der Waals surface area (Å²) in [5.41, 5.74) is 8.40. The molecule has 0 spiro atoms. The molecule has 1 aromatic heterocycles. The summed E-state index contributed by atoms with van der Waals surface area (Å²) in [6.45, 7) is 1.95. The lowest BCUT2D eigenvalue weighted by Gasteiger charge is -2.08. The van der Waals surface area contributed by atoms with Crippen LogP contribution >= 0.6 is 0 Å². The molecule has 2 N–H and O–H groups in total. The van der Waals surface area contributed by atoms with Crippen molar-refractivity contribution in [3.05, 3.63) is 58.9 Å². The standard InChI is InChI=1S/C15H13N3O2/c1-10-2-3-14(17)13(6-10)15(19)20-9-11-4-5-18-12(7-11)8-16/h2-7H,9,17H2,1H3. The van der Waals surface area contributed by atoms with Crippen LogP contribution in [0.1, 0.15) is 27.2 Å². The Morgan fingerprint density at radius 3 is 2.95 bits per heavy atom. The zero-order valence-corrected chi connectivity index (χ0v) is 11.0. The Kier molecular flexibility index (Phi) is 3.96. The molecule has 1 aromatic carbocycles. The molecule has 0 unspecified atom stereocenters. The lowest BCUT2D eigenvalue weighted by Crippen LogP contribution is -2.08. The van der Waals surface area contributed by atoms with Crippen LogP contribution in [0.25, 0.3) is 0 Å². The van der Waals surface area contributed by atoms with Gasteiger partial charge >= 0.3 is 5.97 Å². The highest BCUT2D eigenvalue weighted by Gasteiger charge is 2.11. The molecule has 0 aliphatic heterocycles. The molecule has 2 rings (SSSR count). The van der Waals surface area contributed by atoms with E-state index < -0.39 is 5.97 Å². The fourth-order valence-corrected chi connectivity index (χ4v) is 1.70. The van der Waals surface area contributed by atoms with Crippen LogP contribution in [-0.2, 0) is 11.3 Å². The zero-order valence-electron chi connectivity index (χ0n) is 11.0. The number of carbonyl (C=O) groups excluding carboxylic acids is 1. The first-order chi connectivity index (χ1) is 9.60. The van der Waals surface area contributed by atoms with Crippen molar-refractivity contribution >= 4 is 11.7 Å². The van der Waals surface area contributed by atoms with Gasteiger partial charge in [0.05, 0.1) is 5.56 Å². The minimum Gasteiger partial charge on any atom is -0.457 e. The fourth-order valence-electron chi connectivity index (χ4n) is 1.70. The van der Waals surface area contributed by atoms with Crippen molar-refractivity contribution in [2.24, 2.45) is 0 Å². The molecule has 5 nitrogen and oxygen atoms in total. The highest BCUT2D eigenvalue weighted by Crippen LogP contribution is 2.15. The zero-order chi connectivity index (χ0) is 14.5. The van der Waals surface area contributed by atoms with Gasteiger partial charge in [0.2, 0.25) is 0 Å². The summed E-state index contributed by atoms with van der Waals surface area (Å²) in [6.07, 6.45) is 1.50. The molecule has 20 heavy (non-hydrogen) atoms. The average Bonchev–Trinajstić information content (AvgIpc) is 2.47. The second-order valence-corrected chi connectivity index (χ2v) is 4.33. The van der Waals surface area contributed by atoms with Crippen molar-refractivity contribution in [2.75, 3.05) is 5.73 Å². The van der Waals surface area contributed by atoms with E-state index in [0.717, 1.165) is 5.56 Å². The molecule has 0 saturated heterocycles. The number of benzene rings is 1. The van der Waals surface area contributed by atoms with Crippen molar-refractivity contribution in [1.29, 1.82) is 5.26 Å². The third-order valence-corrected chi connectivity index (χ3v) is 2.74. The molecule has 1 heterocycles. The van der Waals surface area contributed by atoms with Crippen molar-refractivity contribution in [3.63, 3.8) is 0 Å². The van der Waals surface area contributed by atoms with E-state index >= 15 is 0 Å². The van der Waals surface area contributed by atoms with Crippen LogP contribution in [0, 0.1) is 18.3 Å². The molecule has 0 fully saturated rings. The summed E-state index contributed by atoms with van der Waals surface area (Å²) in [5.74, 6) is -0.485. The Morgan fingerprint density at radius 1 is 1.40 bits per heavy atom. The van der Waals surface area contributed by atoms with Gasteiger partial charge in [-0.2, -0.15) is 5.26 Å². The van der Waals surface area contributed by atoms with Crippen LogP contribution in [-0.4, -0.2) is 11.0 Å². The molecule has 0 atom stereocenters. The Morgan fingerprint density at radius 2 is 2.20 bits per heavy atom. The topological polar surface area (TPSA) is 89.0 Å². The van der Waals surface area contributed by atoms with Crippen LogP contribution < -0.4 is 5.73 Å². The van der Waals surface area contributed by atoms with Crippen LogP contribution in [0.3, 0.4) is 0 Å². The van der Waals surface area contributed by atoms with E-state index in [1.54, 1.807) is 24.3 Å². The molecular weight excluding hydrogens is 254 g/mol. The lowest BCUT2D eigenvalue weighted by molar-refractivity contribution is 0.0473. The Hall–Kier alpha value is -2.87. The van der Waals surface area contributed by atoms with Crippen molar-refractivity contribution in [2.45, 2.75) is 13.5 Å². The summed E-state index contributed by atoms with van der Waals surface area (Å²) in [6, 6.07) is 10.4. The minimum atomic E-state index is -0.485. The number of nitrogens with zero attached hydrogens (tertiary/aromatic N) is 2. The number of nitrogens with two attached hydrogens (primary N) is 1. The molecule has 0 radical (unpaired) electrons. The van der Waals surface area contributed by atoms with Crippen molar-refractivity contribution in [1.82, 2.24) is 4.98 Å². The number of pyridine rings is 1. The summed E-state index contributed by atoms with van der Waals surface area (Å²) < 4.78 is 5.19. The van der Waals surface area contributed by atoms with Gasteiger partial charge in [0.1, 0.15) is 18.4 Å². The monoisotopic (exact) mass is 267 g/mol. The number of aromatic nitrogens is 1. The number of ether oxygens (including phenoxy) is 1. The Labute approximate surface area is 116 Å². The third-order valence-electron chi connectivity index (χ3n) is 2.74. The van der Waals surface area contributed by atoms with Crippen LogP contribution in [0.2, 0.25) is 0 Å². The molecule has 0 saturated carbocycles. The molecule has 2 aromatic rings. The highest BCUT2D eigenvalue weighted by atomic mass is 16.5. The van der Waals surface area contributed by atoms with Gasteiger partial charge in [-0.15, -0.1) is 0 Å². The quantitative estimate of drug-likeness (QED) is 0.680. The van der Waals surface area contributed by atoms with Crippen LogP contribution in [0.15, 0.2) is 36.5 Å². The van der Waals surface area contributed by atoms with E-state index in [4.69, 9.17) is 15.7 Å².